The van der Waals surface area contributed by atoms with Crippen molar-refractivity contribution in [2.75, 3.05) is 13.1 Å². The summed E-state index contributed by atoms with van der Waals surface area (Å²) in [6.07, 6.45) is -3.35. The van der Waals surface area contributed by atoms with E-state index in [0.29, 0.717) is 30.0 Å². The molecule has 1 aromatic carbocycles. The number of ether oxygens (including phenoxy) is 1. The lowest BCUT2D eigenvalue weighted by molar-refractivity contribution is -0.245. The number of benzene rings is 1. The van der Waals surface area contributed by atoms with Crippen LogP contribution in [0.5, 0.6) is 5.75 Å². The third-order valence-corrected chi connectivity index (χ3v) is 4.18. The van der Waals surface area contributed by atoms with Crippen molar-refractivity contribution in [2.24, 2.45) is 0 Å². The van der Waals surface area contributed by atoms with Gasteiger partial charge in [-0.2, -0.15) is 13.2 Å². The molecular weight excluding hydrogens is 323 g/mol. The van der Waals surface area contributed by atoms with E-state index in [-0.39, 0.29) is 13.1 Å². The SMILES string of the molecule is O=C(ON1CCC2(CC1)Cc1ccc(Cl)cc1O2)C(F)(F)F. The van der Waals surface area contributed by atoms with Crippen molar-refractivity contribution < 1.29 is 27.5 Å². The molecule has 0 saturated carbocycles. The van der Waals surface area contributed by atoms with E-state index < -0.39 is 17.7 Å². The summed E-state index contributed by atoms with van der Waals surface area (Å²) in [5.41, 5.74) is 0.582. The normalized spacial score (nSPS) is 20.5. The van der Waals surface area contributed by atoms with Crippen molar-refractivity contribution in [1.29, 1.82) is 0 Å². The molecule has 0 N–H and O–H groups in total. The molecule has 120 valence electrons. The first-order valence-electron chi connectivity index (χ1n) is 6.79. The number of carbonyl (C=O) groups is 1. The molecule has 3 rings (SSSR count). The Morgan fingerprint density at radius 3 is 2.64 bits per heavy atom. The molecule has 1 fully saturated rings. The van der Waals surface area contributed by atoms with Crippen molar-refractivity contribution in [3.63, 3.8) is 0 Å². The van der Waals surface area contributed by atoms with Gasteiger partial charge in [-0.25, -0.2) is 4.79 Å². The Morgan fingerprint density at radius 2 is 2.00 bits per heavy atom. The largest absolute Gasteiger partial charge is 0.492 e. The van der Waals surface area contributed by atoms with Gasteiger partial charge in [0.25, 0.3) is 0 Å². The first kappa shape index (κ1) is 15.4. The topological polar surface area (TPSA) is 38.8 Å². The molecule has 22 heavy (non-hydrogen) atoms. The standard InChI is InChI=1S/C14H13ClF3NO3/c15-10-2-1-9-8-13(21-11(9)7-10)3-5-19(6-4-13)22-12(20)14(16,17)18/h1-2,7H,3-6,8H2. The third-order valence-electron chi connectivity index (χ3n) is 3.95. The van der Waals surface area contributed by atoms with Crippen LogP contribution >= 0.6 is 11.6 Å². The van der Waals surface area contributed by atoms with Gasteiger partial charge in [-0.05, 0) is 17.7 Å². The summed E-state index contributed by atoms with van der Waals surface area (Å²) in [6, 6.07) is 5.41. The van der Waals surface area contributed by atoms with Gasteiger partial charge in [0.15, 0.2) is 0 Å². The van der Waals surface area contributed by atoms with Crippen LogP contribution in [0.1, 0.15) is 18.4 Å². The van der Waals surface area contributed by atoms with Crippen molar-refractivity contribution in [1.82, 2.24) is 5.06 Å². The first-order valence-corrected chi connectivity index (χ1v) is 7.17. The molecule has 2 aliphatic heterocycles. The van der Waals surface area contributed by atoms with E-state index >= 15 is 0 Å². The Morgan fingerprint density at radius 1 is 1.32 bits per heavy atom. The van der Waals surface area contributed by atoms with E-state index in [1.165, 1.54) is 0 Å². The van der Waals surface area contributed by atoms with E-state index in [2.05, 4.69) is 4.84 Å². The molecule has 0 atom stereocenters. The predicted molar refractivity (Wildman–Crippen MR) is 71.5 cm³/mol. The highest BCUT2D eigenvalue weighted by Crippen LogP contribution is 2.42. The Balaban J connectivity index is 1.60. The number of piperidine rings is 1. The van der Waals surface area contributed by atoms with E-state index in [4.69, 9.17) is 16.3 Å². The van der Waals surface area contributed by atoms with Crippen LogP contribution in [0.2, 0.25) is 5.02 Å². The molecule has 8 heteroatoms. The minimum Gasteiger partial charge on any atom is -0.486 e. The summed E-state index contributed by atoms with van der Waals surface area (Å²) in [4.78, 5) is 15.2. The number of hydrogen-bond acceptors (Lipinski definition) is 4. The zero-order valence-corrected chi connectivity index (χ0v) is 12.2. The van der Waals surface area contributed by atoms with Crippen LogP contribution < -0.4 is 4.74 Å². The number of rotatable bonds is 1. The summed E-state index contributed by atoms with van der Waals surface area (Å²) >= 11 is 5.92. The number of hydrogen-bond donors (Lipinski definition) is 0. The van der Waals surface area contributed by atoms with Crippen LogP contribution in [-0.4, -0.2) is 35.9 Å². The smallest absolute Gasteiger partial charge is 0.486 e. The second-order valence-corrected chi connectivity index (χ2v) is 5.96. The summed E-state index contributed by atoms with van der Waals surface area (Å²) in [5.74, 6) is -1.47. The van der Waals surface area contributed by atoms with Gasteiger partial charge in [0, 0.05) is 37.4 Å². The summed E-state index contributed by atoms with van der Waals surface area (Å²) in [7, 11) is 0. The lowest BCUT2D eigenvalue weighted by Gasteiger charge is -2.37. The van der Waals surface area contributed by atoms with Gasteiger partial charge < -0.3 is 9.57 Å². The van der Waals surface area contributed by atoms with Crippen LogP contribution in [-0.2, 0) is 16.1 Å². The highest BCUT2D eigenvalue weighted by atomic mass is 35.5. The molecular formula is C14H13ClF3NO3. The minimum atomic E-state index is -4.98. The summed E-state index contributed by atoms with van der Waals surface area (Å²) in [6.45, 7) is 0.396. The second kappa shape index (κ2) is 5.31. The van der Waals surface area contributed by atoms with Crippen LogP contribution in [0.4, 0.5) is 13.2 Å². The van der Waals surface area contributed by atoms with E-state index in [0.717, 1.165) is 10.6 Å². The molecule has 1 aromatic rings. The molecule has 0 bridgehead atoms. The molecule has 2 aliphatic rings. The zero-order valence-electron chi connectivity index (χ0n) is 11.5. The first-order chi connectivity index (χ1) is 10.3. The summed E-state index contributed by atoms with van der Waals surface area (Å²) in [5, 5.41) is 1.62. The van der Waals surface area contributed by atoms with Crippen LogP contribution in [0, 0.1) is 0 Å². The van der Waals surface area contributed by atoms with Gasteiger partial charge >= 0.3 is 12.1 Å². The van der Waals surface area contributed by atoms with Crippen LogP contribution in [0.25, 0.3) is 0 Å². The van der Waals surface area contributed by atoms with Gasteiger partial charge in [-0.15, -0.1) is 5.06 Å². The number of halogens is 4. The Hall–Kier alpha value is -1.47. The Labute approximate surface area is 129 Å². The molecule has 1 spiro atoms. The van der Waals surface area contributed by atoms with Gasteiger partial charge in [0.1, 0.15) is 11.4 Å². The van der Waals surface area contributed by atoms with Crippen molar-refractivity contribution in [2.45, 2.75) is 31.0 Å². The molecule has 1 saturated heterocycles. The fourth-order valence-corrected chi connectivity index (χ4v) is 2.98. The van der Waals surface area contributed by atoms with E-state index in [1.807, 2.05) is 6.07 Å². The predicted octanol–water partition coefficient (Wildman–Crippen LogP) is 3.13. The van der Waals surface area contributed by atoms with Crippen molar-refractivity contribution in [3.05, 3.63) is 28.8 Å². The van der Waals surface area contributed by atoms with Crippen molar-refractivity contribution >= 4 is 17.6 Å². The zero-order chi connectivity index (χ0) is 16.0. The lowest BCUT2D eigenvalue weighted by Crippen LogP contribution is -2.48. The molecule has 0 amide bonds. The highest BCUT2D eigenvalue weighted by molar-refractivity contribution is 6.30. The fraction of sp³-hybridized carbons (Fsp3) is 0.500. The molecule has 0 unspecified atom stereocenters. The number of carbonyl (C=O) groups excluding carboxylic acids is 1. The van der Waals surface area contributed by atoms with Crippen molar-refractivity contribution in [3.8, 4) is 5.75 Å². The fourth-order valence-electron chi connectivity index (χ4n) is 2.82. The maximum atomic E-state index is 12.2. The number of nitrogens with zero attached hydrogens (tertiary/aromatic N) is 1. The van der Waals surface area contributed by atoms with Crippen LogP contribution in [0.15, 0.2) is 18.2 Å². The third kappa shape index (κ3) is 3.01. The van der Waals surface area contributed by atoms with Crippen LogP contribution in [0.3, 0.4) is 0 Å². The van der Waals surface area contributed by atoms with Gasteiger partial charge in [-0.3, -0.25) is 0 Å². The lowest BCUT2D eigenvalue weighted by atomic mass is 9.88. The number of hydroxylamine groups is 2. The number of fused-ring (bicyclic) bond motifs is 1. The van der Waals surface area contributed by atoms with Gasteiger partial charge in [0.2, 0.25) is 0 Å². The maximum Gasteiger partial charge on any atom is 0.492 e. The van der Waals surface area contributed by atoms with E-state index in [1.54, 1.807) is 12.1 Å². The van der Waals surface area contributed by atoms with Gasteiger partial charge in [0.05, 0.1) is 0 Å². The Bertz CT molecular complexity index is 597. The monoisotopic (exact) mass is 335 g/mol. The average Bonchev–Trinajstić information content (AvgIpc) is 2.77. The second-order valence-electron chi connectivity index (χ2n) is 5.52. The maximum absolute atomic E-state index is 12.2. The highest BCUT2D eigenvalue weighted by Gasteiger charge is 2.46. The molecule has 2 heterocycles. The molecule has 0 aliphatic carbocycles. The quantitative estimate of drug-likeness (QED) is 0.790. The Kier molecular flexibility index (Phi) is 3.72. The molecule has 4 nitrogen and oxygen atoms in total. The number of alkyl halides is 3. The van der Waals surface area contributed by atoms with E-state index in [9.17, 15) is 18.0 Å². The van der Waals surface area contributed by atoms with Gasteiger partial charge in [-0.1, -0.05) is 17.7 Å². The molecule has 0 aromatic heterocycles. The summed E-state index contributed by atoms with van der Waals surface area (Å²) < 4.78 is 42.5. The minimum absolute atomic E-state index is 0.198. The molecule has 0 radical (unpaired) electrons. The average molecular weight is 336 g/mol.